The van der Waals surface area contributed by atoms with Crippen LogP contribution in [0.5, 0.6) is 0 Å². The number of halogens is 1. The number of amides is 1. The predicted molar refractivity (Wildman–Crippen MR) is 115 cm³/mol. The minimum absolute atomic E-state index is 0.0151. The summed E-state index contributed by atoms with van der Waals surface area (Å²) in [5.41, 5.74) is 1.39. The lowest BCUT2D eigenvalue weighted by Crippen LogP contribution is -2.31. The van der Waals surface area contributed by atoms with Gasteiger partial charge >= 0.3 is 0 Å². The lowest BCUT2D eigenvalue weighted by Gasteiger charge is -2.28. The normalized spacial score (nSPS) is 14.2. The average Bonchev–Trinajstić information content (AvgIpc) is 3.22. The number of aromatic nitrogens is 2. The first-order chi connectivity index (χ1) is 13.9. The second-order valence-electron chi connectivity index (χ2n) is 6.14. The molecule has 0 fully saturated rings. The van der Waals surface area contributed by atoms with Crippen LogP contribution in [0.2, 0.25) is 5.02 Å². The molecule has 1 aromatic carbocycles. The van der Waals surface area contributed by atoms with Gasteiger partial charge in [-0.25, -0.2) is 18.4 Å². The van der Waals surface area contributed by atoms with Crippen molar-refractivity contribution in [2.75, 3.05) is 17.1 Å². The number of carbonyl (C=O) groups is 1. The molecule has 0 radical (unpaired) electrons. The summed E-state index contributed by atoms with van der Waals surface area (Å²) in [4.78, 5) is 21.7. The number of hydrogen-bond acceptors (Lipinski definition) is 7. The number of fused-ring (bicyclic) bond motifs is 3. The SMILES string of the molecule is CN1c2ccc(Cl)cc2-c2nc(SCC(=O)NCc3cccs3)ncc2S1(=O)=O. The second kappa shape index (κ2) is 7.94. The molecule has 0 unspecified atom stereocenters. The van der Waals surface area contributed by atoms with Gasteiger partial charge in [0.15, 0.2) is 5.16 Å². The molecule has 0 atom stereocenters. The molecule has 3 aromatic rings. The third-order valence-electron chi connectivity index (χ3n) is 4.30. The molecule has 1 aliphatic rings. The number of thiophene rings is 1. The average molecular weight is 467 g/mol. The van der Waals surface area contributed by atoms with Crippen LogP contribution in [0.25, 0.3) is 11.3 Å². The van der Waals surface area contributed by atoms with Crippen LogP contribution >= 0.6 is 34.7 Å². The van der Waals surface area contributed by atoms with Crippen molar-refractivity contribution in [3.63, 3.8) is 0 Å². The number of benzene rings is 1. The lowest BCUT2D eigenvalue weighted by molar-refractivity contribution is -0.118. The highest BCUT2D eigenvalue weighted by molar-refractivity contribution is 7.99. The second-order valence-corrected chi connectivity index (χ2v) is 10.5. The summed E-state index contributed by atoms with van der Waals surface area (Å²) in [7, 11) is -2.27. The highest BCUT2D eigenvalue weighted by atomic mass is 35.5. The Morgan fingerprint density at radius 1 is 1.34 bits per heavy atom. The van der Waals surface area contributed by atoms with Crippen molar-refractivity contribution in [3.05, 3.63) is 51.8 Å². The molecule has 7 nitrogen and oxygen atoms in total. The smallest absolute Gasteiger partial charge is 0.267 e. The van der Waals surface area contributed by atoms with Gasteiger partial charge in [0.05, 0.1) is 29.9 Å². The third kappa shape index (κ3) is 3.97. The Kier molecular flexibility index (Phi) is 5.52. The van der Waals surface area contributed by atoms with Gasteiger partial charge in [-0.2, -0.15) is 0 Å². The van der Waals surface area contributed by atoms with Gasteiger partial charge in [-0.15, -0.1) is 11.3 Å². The lowest BCUT2D eigenvalue weighted by atomic mass is 10.1. The minimum Gasteiger partial charge on any atom is -0.350 e. The number of thioether (sulfide) groups is 1. The third-order valence-corrected chi connectivity index (χ3v) is 8.04. The molecular formula is C18H15ClN4O3S3. The Bertz CT molecular complexity index is 1180. The molecular weight excluding hydrogens is 452 g/mol. The first-order valence-corrected chi connectivity index (χ1v) is 12.1. The van der Waals surface area contributed by atoms with Crippen molar-refractivity contribution >= 4 is 56.3 Å². The Hall–Kier alpha value is -2.14. The maximum atomic E-state index is 12.8. The fraction of sp³-hybridized carbons (Fsp3) is 0.167. The Morgan fingerprint density at radius 2 is 2.17 bits per heavy atom. The number of anilines is 1. The molecule has 3 heterocycles. The predicted octanol–water partition coefficient (Wildman–Crippen LogP) is 3.41. The van der Waals surface area contributed by atoms with Crippen LogP contribution in [0.4, 0.5) is 5.69 Å². The van der Waals surface area contributed by atoms with Gasteiger partial charge in [0, 0.05) is 22.5 Å². The molecule has 0 saturated carbocycles. The molecule has 11 heteroatoms. The summed E-state index contributed by atoms with van der Waals surface area (Å²) in [6, 6.07) is 8.83. The van der Waals surface area contributed by atoms with Crippen molar-refractivity contribution in [1.82, 2.24) is 15.3 Å². The molecule has 1 N–H and O–H groups in total. The summed E-state index contributed by atoms with van der Waals surface area (Å²) < 4.78 is 26.7. The van der Waals surface area contributed by atoms with Gasteiger partial charge in [0.1, 0.15) is 4.90 Å². The topological polar surface area (TPSA) is 92.3 Å². The molecule has 0 saturated heterocycles. The molecule has 2 aromatic heterocycles. The van der Waals surface area contributed by atoms with E-state index in [0.29, 0.717) is 28.0 Å². The van der Waals surface area contributed by atoms with E-state index in [-0.39, 0.29) is 22.2 Å². The van der Waals surface area contributed by atoms with Gasteiger partial charge in [0.2, 0.25) is 5.91 Å². The van der Waals surface area contributed by atoms with Crippen molar-refractivity contribution in [1.29, 1.82) is 0 Å². The summed E-state index contributed by atoms with van der Waals surface area (Å²) in [6.07, 6.45) is 1.28. The van der Waals surface area contributed by atoms with Gasteiger partial charge in [-0.1, -0.05) is 29.4 Å². The zero-order valence-corrected chi connectivity index (χ0v) is 18.3. The maximum absolute atomic E-state index is 12.8. The molecule has 1 amide bonds. The molecule has 29 heavy (non-hydrogen) atoms. The molecule has 0 aliphatic carbocycles. The highest BCUT2D eigenvalue weighted by Gasteiger charge is 2.34. The molecule has 1 aliphatic heterocycles. The van der Waals surface area contributed by atoms with Crippen LogP contribution in [0.15, 0.2) is 52.0 Å². The zero-order chi connectivity index (χ0) is 20.6. The van der Waals surface area contributed by atoms with Crippen molar-refractivity contribution in [2.45, 2.75) is 16.6 Å². The van der Waals surface area contributed by atoms with Crippen LogP contribution in [0, 0.1) is 0 Å². The van der Waals surface area contributed by atoms with Crippen molar-refractivity contribution in [3.8, 4) is 11.3 Å². The maximum Gasteiger partial charge on any atom is 0.267 e. The number of rotatable bonds is 5. The van der Waals surface area contributed by atoms with E-state index in [9.17, 15) is 13.2 Å². The van der Waals surface area contributed by atoms with Gasteiger partial charge < -0.3 is 5.32 Å². The van der Waals surface area contributed by atoms with E-state index in [1.165, 1.54) is 17.5 Å². The van der Waals surface area contributed by atoms with E-state index >= 15 is 0 Å². The number of nitrogens with one attached hydrogen (secondary N) is 1. The first kappa shape index (κ1) is 20.1. The van der Waals surface area contributed by atoms with Crippen LogP contribution in [0.1, 0.15) is 4.88 Å². The van der Waals surface area contributed by atoms with E-state index in [1.807, 2.05) is 17.5 Å². The summed E-state index contributed by atoms with van der Waals surface area (Å²) in [5.74, 6) is -0.0281. The fourth-order valence-corrected chi connectivity index (χ4v) is 5.60. The highest BCUT2D eigenvalue weighted by Crippen LogP contribution is 2.42. The van der Waals surface area contributed by atoms with E-state index in [0.717, 1.165) is 16.6 Å². The quantitative estimate of drug-likeness (QED) is 0.457. The zero-order valence-electron chi connectivity index (χ0n) is 15.1. The summed E-state index contributed by atoms with van der Waals surface area (Å²) in [5, 5.41) is 5.58. The summed E-state index contributed by atoms with van der Waals surface area (Å²) >= 11 is 8.83. The van der Waals surface area contributed by atoms with E-state index in [1.54, 1.807) is 29.5 Å². The monoisotopic (exact) mass is 466 g/mol. The fourth-order valence-electron chi connectivity index (χ4n) is 2.84. The largest absolute Gasteiger partial charge is 0.350 e. The number of hydrogen-bond donors (Lipinski definition) is 1. The van der Waals surface area contributed by atoms with E-state index in [2.05, 4.69) is 15.3 Å². The van der Waals surface area contributed by atoms with Crippen molar-refractivity contribution in [2.24, 2.45) is 0 Å². The van der Waals surface area contributed by atoms with Crippen LogP contribution in [-0.4, -0.2) is 37.1 Å². The van der Waals surface area contributed by atoms with E-state index in [4.69, 9.17) is 11.6 Å². The van der Waals surface area contributed by atoms with Gasteiger partial charge in [-0.3, -0.25) is 9.10 Å². The number of carbonyl (C=O) groups excluding carboxylic acids is 1. The van der Waals surface area contributed by atoms with Gasteiger partial charge in [-0.05, 0) is 29.6 Å². The Morgan fingerprint density at radius 3 is 2.93 bits per heavy atom. The van der Waals surface area contributed by atoms with Crippen LogP contribution in [-0.2, 0) is 21.4 Å². The van der Waals surface area contributed by atoms with Gasteiger partial charge in [0.25, 0.3) is 10.0 Å². The molecule has 0 bridgehead atoms. The van der Waals surface area contributed by atoms with Crippen molar-refractivity contribution < 1.29 is 13.2 Å². The molecule has 150 valence electrons. The molecule has 4 rings (SSSR count). The Labute approximate surface area is 181 Å². The van der Waals surface area contributed by atoms with Crippen LogP contribution < -0.4 is 9.62 Å². The molecule has 0 spiro atoms. The standard InChI is InChI=1S/C18H15ClN4O3S3/c1-23-14-5-4-11(19)7-13(14)17-15(29(23,25)26)9-21-18(22-17)28-10-16(24)20-8-12-3-2-6-27-12/h2-7,9H,8,10H2,1H3,(H,20,24). The first-order valence-electron chi connectivity index (χ1n) is 8.44. The number of sulfonamides is 1. The number of nitrogens with zero attached hydrogens (tertiary/aromatic N) is 3. The van der Waals surface area contributed by atoms with E-state index < -0.39 is 10.0 Å². The summed E-state index contributed by atoms with van der Waals surface area (Å²) in [6.45, 7) is 0.471. The van der Waals surface area contributed by atoms with Crippen LogP contribution in [0.3, 0.4) is 0 Å². The minimum atomic E-state index is -3.75. The Balaban J connectivity index is 1.56.